The van der Waals surface area contributed by atoms with E-state index >= 15 is 0 Å². The summed E-state index contributed by atoms with van der Waals surface area (Å²) in [5, 5.41) is 0. The molecule has 0 aromatic heterocycles. The molecule has 4 nitrogen and oxygen atoms in total. The minimum Gasteiger partial charge on any atom is -0.279 e. The molecule has 0 fully saturated rings. The molecule has 0 spiro atoms. The Morgan fingerprint density at radius 2 is 2.11 bits per heavy atom. The molecule has 0 unspecified atom stereocenters. The fourth-order valence-corrected chi connectivity index (χ4v) is 2.04. The van der Waals surface area contributed by atoms with Gasteiger partial charge in [-0.2, -0.15) is 0 Å². The maximum Gasteiger partial charge on any atom is 0.253 e. The number of benzene rings is 1. The van der Waals surface area contributed by atoms with Crippen molar-refractivity contribution in [3.8, 4) is 0 Å². The average Bonchev–Trinajstić information content (AvgIpc) is 2.49. The van der Waals surface area contributed by atoms with Crippen molar-refractivity contribution in [2.24, 2.45) is 10.9 Å². The Kier molecular flexibility index (Phi) is 3.40. The summed E-state index contributed by atoms with van der Waals surface area (Å²) in [5.41, 5.74) is 2.47. The van der Waals surface area contributed by atoms with Crippen LogP contribution >= 0.6 is 0 Å². The van der Waals surface area contributed by atoms with Gasteiger partial charge in [0.1, 0.15) is 12.5 Å². The van der Waals surface area contributed by atoms with Gasteiger partial charge in [-0.25, -0.2) is 4.79 Å². The normalized spacial score (nSPS) is 14.7. The highest BCUT2D eigenvalue weighted by Gasteiger charge is 2.23. The van der Waals surface area contributed by atoms with Crippen LogP contribution in [-0.4, -0.2) is 24.1 Å². The van der Waals surface area contributed by atoms with Crippen LogP contribution in [0.3, 0.4) is 0 Å². The van der Waals surface area contributed by atoms with Crippen molar-refractivity contribution in [3.63, 3.8) is 0 Å². The summed E-state index contributed by atoms with van der Waals surface area (Å²) in [6, 6.07) is 7.46. The molecule has 1 heterocycles. The maximum atomic E-state index is 11.9. The van der Waals surface area contributed by atoms with Crippen LogP contribution in [0.2, 0.25) is 0 Å². The van der Waals surface area contributed by atoms with Gasteiger partial charge in [-0.3, -0.25) is 14.7 Å². The Balaban J connectivity index is 2.64. The molecule has 0 saturated heterocycles. The van der Waals surface area contributed by atoms with Crippen molar-refractivity contribution in [2.75, 3.05) is 11.4 Å². The second-order valence-electron chi connectivity index (χ2n) is 4.38. The first-order valence-corrected chi connectivity index (χ1v) is 5.82. The molecule has 1 aromatic carbocycles. The molecule has 1 aliphatic heterocycles. The zero-order valence-electron chi connectivity index (χ0n) is 10.4. The predicted octanol–water partition coefficient (Wildman–Crippen LogP) is 1.82. The average molecular weight is 242 g/mol. The quantitative estimate of drug-likeness (QED) is 0.743. The summed E-state index contributed by atoms with van der Waals surface area (Å²) in [7, 11) is 0. The largest absolute Gasteiger partial charge is 0.279 e. The molecule has 1 aliphatic rings. The predicted molar refractivity (Wildman–Crippen MR) is 70.4 cm³/mol. The Morgan fingerprint density at radius 3 is 2.78 bits per heavy atom. The first-order chi connectivity index (χ1) is 8.65. The second-order valence-corrected chi connectivity index (χ2v) is 4.38. The number of anilines is 1. The fourth-order valence-electron chi connectivity index (χ4n) is 2.04. The van der Waals surface area contributed by atoms with E-state index in [-0.39, 0.29) is 18.4 Å². The molecule has 0 saturated carbocycles. The molecular weight excluding hydrogens is 228 g/mol. The van der Waals surface area contributed by atoms with E-state index in [0.717, 1.165) is 17.5 Å². The second kappa shape index (κ2) is 4.98. The molecule has 92 valence electrons. The van der Waals surface area contributed by atoms with Crippen LogP contribution in [0.1, 0.15) is 19.4 Å². The highest BCUT2D eigenvalue weighted by atomic mass is 16.2. The maximum absolute atomic E-state index is 11.9. The summed E-state index contributed by atoms with van der Waals surface area (Å²) < 4.78 is 0. The van der Waals surface area contributed by atoms with Crippen molar-refractivity contribution < 1.29 is 9.59 Å². The standard InChI is InChI=1S/C14H14N2O2/c1-10(2)14-11-5-3-4-6-12(11)16(7-8-17)13(18)9-15-14/h3-7,10H,9H2,1-2H3. The number of hydrogen-bond donors (Lipinski definition) is 0. The lowest BCUT2D eigenvalue weighted by Gasteiger charge is -2.18. The number of carbonyl (C=O) groups excluding carboxylic acids is 2. The van der Waals surface area contributed by atoms with Crippen LogP contribution in [0.5, 0.6) is 0 Å². The molecule has 0 bridgehead atoms. The van der Waals surface area contributed by atoms with Gasteiger partial charge in [-0.15, -0.1) is 0 Å². The van der Waals surface area contributed by atoms with Gasteiger partial charge in [0.15, 0.2) is 0 Å². The van der Waals surface area contributed by atoms with Gasteiger partial charge in [-0.05, 0) is 12.0 Å². The minimum atomic E-state index is -0.221. The molecule has 1 aromatic rings. The Morgan fingerprint density at radius 1 is 1.39 bits per heavy atom. The third-order valence-corrected chi connectivity index (χ3v) is 2.82. The number of amides is 1. The molecule has 0 atom stereocenters. The monoisotopic (exact) mass is 242 g/mol. The molecule has 0 radical (unpaired) electrons. The van der Waals surface area contributed by atoms with Gasteiger partial charge in [0.2, 0.25) is 0 Å². The summed E-state index contributed by atoms with van der Waals surface area (Å²) in [5.74, 6) is 1.66. The van der Waals surface area contributed by atoms with Gasteiger partial charge in [0.05, 0.1) is 11.9 Å². The first-order valence-electron chi connectivity index (χ1n) is 5.82. The number of aliphatic imine (C=N–C) groups is 1. The van der Waals surface area contributed by atoms with Crippen LogP contribution < -0.4 is 4.90 Å². The van der Waals surface area contributed by atoms with Crippen molar-refractivity contribution >= 4 is 23.2 Å². The van der Waals surface area contributed by atoms with Crippen LogP contribution in [0.15, 0.2) is 35.5 Å². The number of benzodiazepines with no additional fused rings is 1. The summed E-state index contributed by atoms with van der Waals surface area (Å²) in [4.78, 5) is 28.2. The van der Waals surface area contributed by atoms with Crippen molar-refractivity contribution in [1.82, 2.24) is 0 Å². The Bertz CT molecular complexity index is 555. The van der Waals surface area contributed by atoms with Crippen LogP contribution in [0.25, 0.3) is 0 Å². The zero-order chi connectivity index (χ0) is 13.1. The van der Waals surface area contributed by atoms with Gasteiger partial charge < -0.3 is 0 Å². The summed E-state index contributed by atoms with van der Waals surface area (Å²) >= 11 is 0. The van der Waals surface area contributed by atoms with Crippen molar-refractivity contribution in [2.45, 2.75) is 13.8 Å². The Hall–Kier alpha value is -2.19. The summed E-state index contributed by atoms with van der Waals surface area (Å²) in [6.07, 6.45) is 1.12. The molecule has 2 rings (SSSR count). The van der Waals surface area contributed by atoms with E-state index in [9.17, 15) is 9.59 Å². The number of hydrogen-bond acceptors (Lipinski definition) is 3. The van der Waals surface area contributed by atoms with E-state index in [2.05, 4.69) is 4.99 Å². The van der Waals surface area contributed by atoms with E-state index in [1.807, 2.05) is 38.1 Å². The number of fused-ring (bicyclic) bond motifs is 1. The highest BCUT2D eigenvalue weighted by molar-refractivity contribution is 6.13. The van der Waals surface area contributed by atoms with Gasteiger partial charge >= 0.3 is 0 Å². The van der Waals surface area contributed by atoms with Gasteiger partial charge in [0.25, 0.3) is 5.91 Å². The van der Waals surface area contributed by atoms with Gasteiger partial charge in [-0.1, -0.05) is 32.0 Å². The van der Waals surface area contributed by atoms with E-state index in [1.54, 1.807) is 5.94 Å². The lowest BCUT2D eigenvalue weighted by atomic mass is 9.98. The number of para-hydroxylation sites is 1. The van der Waals surface area contributed by atoms with Crippen LogP contribution in [-0.2, 0) is 9.59 Å². The third kappa shape index (κ3) is 2.11. The third-order valence-electron chi connectivity index (χ3n) is 2.82. The fraction of sp³-hybridized carbons (Fsp3) is 0.286. The summed E-state index contributed by atoms with van der Waals surface area (Å²) in [6.45, 7) is 4.12. The molecule has 0 N–H and O–H groups in total. The first kappa shape index (κ1) is 12.3. The highest BCUT2D eigenvalue weighted by Crippen LogP contribution is 2.26. The molecule has 1 amide bonds. The molecule has 0 aliphatic carbocycles. The van der Waals surface area contributed by atoms with E-state index in [4.69, 9.17) is 0 Å². The minimum absolute atomic E-state index is 0.0559. The van der Waals surface area contributed by atoms with Crippen LogP contribution in [0, 0.1) is 5.92 Å². The SMILES string of the molecule is CC(C)C1=NCC(=O)N(C=C=O)c2ccccc21. The lowest BCUT2D eigenvalue weighted by Crippen LogP contribution is -2.27. The number of rotatable bonds is 2. The smallest absolute Gasteiger partial charge is 0.253 e. The zero-order valence-corrected chi connectivity index (χ0v) is 10.4. The molecular formula is C14H14N2O2. The van der Waals surface area contributed by atoms with E-state index in [1.165, 1.54) is 4.90 Å². The molecule has 4 heteroatoms. The van der Waals surface area contributed by atoms with E-state index < -0.39 is 0 Å². The van der Waals surface area contributed by atoms with Gasteiger partial charge in [0, 0.05) is 11.3 Å². The lowest BCUT2D eigenvalue weighted by molar-refractivity contribution is -0.116. The topological polar surface area (TPSA) is 49.7 Å². The van der Waals surface area contributed by atoms with E-state index in [0.29, 0.717) is 5.69 Å². The number of carbonyl (C=O) groups is 1. The Labute approximate surface area is 106 Å². The molecule has 18 heavy (non-hydrogen) atoms. The van der Waals surface area contributed by atoms with Crippen molar-refractivity contribution in [3.05, 3.63) is 36.0 Å². The van der Waals surface area contributed by atoms with Crippen LogP contribution in [0.4, 0.5) is 5.69 Å². The van der Waals surface area contributed by atoms with Crippen molar-refractivity contribution in [1.29, 1.82) is 0 Å². The number of nitrogens with zero attached hydrogens (tertiary/aromatic N) is 2.